The third kappa shape index (κ3) is 4.62. The summed E-state index contributed by atoms with van der Waals surface area (Å²) in [6, 6.07) is 13.9. The summed E-state index contributed by atoms with van der Waals surface area (Å²) in [7, 11) is 1.67. The Kier molecular flexibility index (Phi) is 5.89. The van der Waals surface area contributed by atoms with E-state index >= 15 is 0 Å². The first-order chi connectivity index (χ1) is 11.8. The Morgan fingerprint density at radius 2 is 1.76 bits per heavy atom. The smallest absolute Gasteiger partial charge is 0.251 e. The van der Waals surface area contributed by atoms with Crippen LogP contribution >= 0.6 is 0 Å². The fourth-order valence-electron chi connectivity index (χ4n) is 2.90. The van der Waals surface area contributed by atoms with Gasteiger partial charge in [-0.3, -0.25) is 4.79 Å². The molecular formula is C22H29NO2. The van der Waals surface area contributed by atoms with Crippen molar-refractivity contribution in [3.05, 3.63) is 64.7 Å². The van der Waals surface area contributed by atoms with E-state index in [1.165, 1.54) is 5.56 Å². The van der Waals surface area contributed by atoms with Gasteiger partial charge in [-0.2, -0.15) is 0 Å². The number of carbonyl (C=O) groups excluding carboxylic acids is 1. The second-order valence-corrected chi connectivity index (χ2v) is 7.49. The van der Waals surface area contributed by atoms with Gasteiger partial charge in [-0.25, -0.2) is 0 Å². The SMILES string of the molecule is CC[C@H](NC(=O)c1ccc(C(C)(C)C)cc1)c1ccc(OC)c(C)c1. The number of ether oxygens (including phenoxy) is 1. The fraction of sp³-hybridized carbons (Fsp3) is 0.409. The second kappa shape index (κ2) is 7.73. The second-order valence-electron chi connectivity index (χ2n) is 7.49. The number of aryl methyl sites for hydroxylation is 1. The largest absolute Gasteiger partial charge is 0.496 e. The molecule has 0 bridgehead atoms. The molecule has 0 saturated carbocycles. The first kappa shape index (κ1) is 19.0. The van der Waals surface area contributed by atoms with Gasteiger partial charge in [-0.15, -0.1) is 0 Å². The van der Waals surface area contributed by atoms with Crippen molar-refractivity contribution in [2.45, 2.75) is 52.5 Å². The Morgan fingerprint density at radius 3 is 2.24 bits per heavy atom. The monoisotopic (exact) mass is 339 g/mol. The Morgan fingerprint density at radius 1 is 1.12 bits per heavy atom. The summed E-state index contributed by atoms with van der Waals surface area (Å²) in [5.74, 6) is 0.823. The predicted molar refractivity (Wildman–Crippen MR) is 103 cm³/mol. The van der Waals surface area contributed by atoms with Crippen LogP contribution in [0.5, 0.6) is 5.75 Å². The highest BCUT2D eigenvalue weighted by atomic mass is 16.5. The number of rotatable bonds is 5. The van der Waals surface area contributed by atoms with E-state index in [0.717, 1.165) is 23.3 Å². The van der Waals surface area contributed by atoms with Crippen molar-refractivity contribution in [3.63, 3.8) is 0 Å². The maximum absolute atomic E-state index is 12.6. The van der Waals surface area contributed by atoms with Crippen LogP contribution < -0.4 is 10.1 Å². The van der Waals surface area contributed by atoms with Crippen molar-refractivity contribution in [3.8, 4) is 5.75 Å². The van der Waals surface area contributed by atoms with Gasteiger partial charge < -0.3 is 10.1 Å². The Balaban J connectivity index is 2.15. The van der Waals surface area contributed by atoms with Crippen molar-refractivity contribution in [2.75, 3.05) is 7.11 Å². The lowest BCUT2D eigenvalue weighted by molar-refractivity contribution is 0.0935. The van der Waals surface area contributed by atoms with E-state index in [-0.39, 0.29) is 17.4 Å². The minimum Gasteiger partial charge on any atom is -0.496 e. The molecule has 2 aromatic rings. The minimum absolute atomic E-state index is 0.0144. The van der Waals surface area contributed by atoms with Gasteiger partial charge in [0.1, 0.15) is 5.75 Å². The summed E-state index contributed by atoms with van der Waals surface area (Å²) in [6.07, 6.45) is 0.831. The number of hydrogen-bond acceptors (Lipinski definition) is 2. The van der Waals surface area contributed by atoms with Crippen LogP contribution in [0, 0.1) is 6.92 Å². The maximum Gasteiger partial charge on any atom is 0.251 e. The van der Waals surface area contributed by atoms with Crippen molar-refractivity contribution in [1.82, 2.24) is 5.32 Å². The molecule has 0 aliphatic heterocycles. The zero-order valence-electron chi connectivity index (χ0n) is 16.1. The predicted octanol–water partition coefficient (Wildman–Crippen LogP) is 5.18. The lowest BCUT2D eigenvalue weighted by atomic mass is 9.86. The fourth-order valence-corrected chi connectivity index (χ4v) is 2.90. The van der Waals surface area contributed by atoms with Crippen LogP contribution in [0.4, 0.5) is 0 Å². The van der Waals surface area contributed by atoms with Gasteiger partial charge in [0, 0.05) is 5.56 Å². The van der Waals surface area contributed by atoms with Crippen LogP contribution in [0.2, 0.25) is 0 Å². The Labute approximate surface area is 151 Å². The van der Waals surface area contributed by atoms with Crippen molar-refractivity contribution < 1.29 is 9.53 Å². The molecule has 1 amide bonds. The van der Waals surface area contributed by atoms with Gasteiger partial charge >= 0.3 is 0 Å². The molecule has 0 fully saturated rings. The van der Waals surface area contributed by atoms with Crippen molar-refractivity contribution in [2.24, 2.45) is 0 Å². The molecule has 0 unspecified atom stereocenters. The molecule has 0 aliphatic carbocycles. The van der Waals surface area contributed by atoms with E-state index in [9.17, 15) is 4.79 Å². The van der Waals surface area contributed by atoms with E-state index in [1.807, 2.05) is 43.3 Å². The van der Waals surface area contributed by atoms with E-state index < -0.39 is 0 Å². The molecule has 3 nitrogen and oxygen atoms in total. The number of benzene rings is 2. The Bertz CT molecular complexity index is 727. The molecular weight excluding hydrogens is 310 g/mol. The summed E-state index contributed by atoms with van der Waals surface area (Å²) in [5, 5.41) is 3.14. The van der Waals surface area contributed by atoms with Gasteiger partial charge in [0.25, 0.3) is 5.91 Å². The normalized spacial score (nSPS) is 12.6. The molecule has 25 heavy (non-hydrogen) atoms. The quantitative estimate of drug-likeness (QED) is 0.815. The first-order valence-electron chi connectivity index (χ1n) is 8.82. The van der Waals surface area contributed by atoms with Crippen LogP contribution in [0.25, 0.3) is 0 Å². The minimum atomic E-state index is -0.0409. The lowest BCUT2D eigenvalue weighted by Crippen LogP contribution is -2.28. The summed E-state index contributed by atoms with van der Waals surface area (Å²) in [4.78, 5) is 12.6. The van der Waals surface area contributed by atoms with E-state index in [1.54, 1.807) is 7.11 Å². The topological polar surface area (TPSA) is 38.3 Å². The molecule has 2 aromatic carbocycles. The summed E-state index contributed by atoms with van der Waals surface area (Å²) < 4.78 is 5.32. The van der Waals surface area contributed by atoms with Crippen molar-refractivity contribution in [1.29, 1.82) is 0 Å². The standard InChI is InChI=1S/C22H29NO2/c1-7-19(17-10-13-20(25-6)15(2)14-17)23-21(24)16-8-11-18(12-9-16)22(3,4)5/h8-14,19H,7H2,1-6H3,(H,23,24)/t19-/m0/s1. The van der Waals surface area contributed by atoms with Gasteiger partial charge in [0.05, 0.1) is 13.2 Å². The van der Waals surface area contributed by atoms with Gasteiger partial charge in [-0.05, 0) is 53.6 Å². The molecule has 0 spiro atoms. The molecule has 0 aromatic heterocycles. The zero-order chi connectivity index (χ0) is 18.6. The van der Waals surface area contributed by atoms with Crippen LogP contribution in [-0.2, 0) is 5.41 Å². The zero-order valence-corrected chi connectivity index (χ0v) is 16.1. The van der Waals surface area contributed by atoms with E-state index in [2.05, 4.69) is 39.1 Å². The first-order valence-corrected chi connectivity index (χ1v) is 8.82. The molecule has 134 valence electrons. The molecule has 0 aliphatic rings. The number of carbonyl (C=O) groups is 1. The highest BCUT2D eigenvalue weighted by molar-refractivity contribution is 5.94. The van der Waals surface area contributed by atoms with Gasteiger partial charge in [-0.1, -0.05) is 52.0 Å². The highest BCUT2D eigenvalue weighted by Gasteiger charge is 2.17. The molecule has 0 heterocycles. The van der Waals surface area contributed by atoms with Crippen LogP contribution in [0.3, 0.4) is 0 Å². The molecule has 0 radical (unpaired) electrons. The maximum atomic E-state index is 12.6. The molecule has 0 saturated heterocycles. The molecule has 1 atom stereocenters. The van der Waals surface area contributed by atoms with Crippen LogP contribution in [-0.4, -0.2) is 13.0 Å². The highest BCUT2D eigenvalue weighted by Crippen LogP contribution is 2.25. The molecule has 3 heteroatoms. The van der Waals surface area contributed by atoms with Gasteiger partial charge in [0.15, 0.2) is 0 Å². The van der Waals surface area contributed by atoms with E-state index in [4.69, 9.17) is 4.74 Å². The number of nitrogens with one attached hydrogen (secondary N) is 1. The third-order valence-electron chi connectivity index (χ3n) is 4.55. The summed E-state index contributed by atoms with van der Waals surface area (Å²) in [6.45, 7) is 10.6. The molecule has 1 N–H and O–H groups in total. The average molecular weight is 339 g/mol. The molecule has 2 rings (SSSR count). The van der Waals surface area contributed by atoms with E-state index in [0.29, 0.717) is 5.56 Å². The summed E-state index contributed by atoms with van der Waals surface area (Å²) in [5.41, 5.74) is 4.17. The number of methoxy groups -OCH3 is 1. The summed E-state index contributed by atoms with van der Waals surface area (Å²) >= 11 is 0. The lowest BCUT2D eigenvalue weighted by Gasteiger charge is -2.21. The van der Waals surface area contributed by atoms with Crippen LogP contribution in [0.1, 0.15) is 67.2 Å². The van der Waals surface area contributed by atoms with Gasteiger partial charge in [0.2, 0.25) is 0 Å². The van der Waals surface area contributed by atoms with Crippen LogP contribution in [0.15, 0.2) is 42.5 Å². The van der Waals surface area contributed by atoms with Crippen molar-refractivity contribution >= 4 is 5.91 Å². The third-order valence-corrected chi connectivity index (χ3v) is 4.55. The average Bonchev–Trinajstić information content (AvgIpc) is 2.58. The number of amides is 1. The number of hydrogen-bond donors (Lipinski definition) is 1. The Hall–Kier alpha value is -2.29.